The maximum absolute atomic E-state index is 13.6. The molecule has 1 heterocycles. The molecule has 0 radical (unpaired) electrons. The molecule has 35 heavy (non-hydrogen) atoms. The smallest absolute Gasteiger partial charge is 0.264 e. The lowest BCUT2D eigenvalue weighted by molar-refractivity contribution is -0.129. The molecule has 1 saturated heterocycles. The minimum absolute atomic E-state index is 0.117. The standard InChI is InChI=1S/C26H27ClFN3O3S/c1-19-3-10-24(11-4-19)35(33,34)31(25-12-5-21(27)17-20(25)2)18-26(32)30-15-13-29(14-16-30)23-8-6-22(28)7-9-23/h3-12,17H,13-16,18H2,1-2H3. The largest absolute Gasteiger partial charge is 0.368 e. The summed E-state index contributed by atoms with van der Waals surface area (Å²) in [5.41, 5.74) is 2.89. The maximum Gasteiger partial charge on any atom is 0.264 e. The first-order valence-corrected chi connectivity index (χ1v) is 13.1. The third-order valence-corrected chi connectivity index (χ3v) is 8.15. The van der Waals surface area contributed by atoms with E-state index in [0.29, 0.717) is 42.5 Å². The summed E-state index contributed by atoms with van der Waals surface area (Å²) in [5.74, 6) is -0.580. The van der Waals surface area contributed by atoms with Crippen molar-refractivity contribution in [2.75, 3.05) is 41.9 Å². The van der Waals surface area contributed by atoms with Crippen LogP contribution >= 0.6 is 11.6 Å². The molecule has 0 bridgehead atoms. The predicted molar refractivity (Wildman–Crippen MR) is 137 cm³/mol. The summed E-state index contributed by atoms with van der Waals surface area (Å²) in [6.07, 6.45) is 0. The Kier molecular flexibility index (Phi) is 7.33. The van der Waals surface area contributed by atoms with E-state index in [-0.39, 0.29) is 23.2 Å². The van der Waals surface area contributed by atoms with Crippen molar-refractivity contribution in [3.05, 3.63) is 88.7 Å². The van der Waals surface area contributed by atoms with E-state index in [0.717, 1.165) is 15.6 Å². The second-order valence-corrected chi connectivity index (χ2v) is 10.9. The predicted octanol–water partition coefficient (Wildman–Crippen LogP) is 4.64. The summed E-state index contributed by atoms with van der Waals surface area (Å²) in [6.45, 7) is 5.35. The van der Waals surface area contributed by atoms with Gasteiger partial charge in [-0.25, -0.2) is 12.8 Å². The molecule has 0 atom stereocenters. The number of piperazine rings is 1. The van der Waals surface area contributed by atoms with Crippen molar-refractivity contribution in [1.29, 1.82) is 0 Å². The van der Waals surface area contributed by atoms with Gasteiger partial charge >= 0.3 is 0 Å². The van der Waals surface area contributed by atoms with Crippen LogP contribution in [-0.4, -0.2) is 51.9 Å². The lowest BCUT2D eigenvalue weighted by Gasteiger charge is -2.37. The van der Waals surface area contributed by atoms with Crippen molar-refractivity contribution in [3.63, 3.8) is 0 Å². The first-order valence-electron chi connectivity index (χ1n) is 11.3. The summed E-state index contributed by atoms with van der Waals surface area (Å²) in [7, 11) is -4.00. The Labute approximate surface area is 210 Å². The average Bonchev–Trinajstić information content (AvgIpc) is 2.84. The van der Waals surface area contributed by atoms with Crippen molar-refractivity contribution in [3.8, 4) is 0 Å². The summed E-state index contributed by atoms with van der Waals surface area (Å²) < 4.78 is 41.7. The van der Waals surface area contributed by atoms with Gasteiger partial charge in [0.05, 0.1) is 10.6 Å². The van der Waals surface area contributed by atoms with Crippen LogP contribution in [0.4, 0.5) is 15.8 Å². The van der Waals surface area contributed by atoms with E-state index >= 15 is 0 Å². The van der Waals surface area contributed by atoms with Gasteiger partial charge in [-0.3, -0.25) is 9.10 Å². The quantitative estimate of drug-likeness (QED) is 0.480. The lowest BCUT2D eigenvalue weighted by atomic mass is 10.2. The third-order valence-electron chi connectivity index (χ3n) is 6.14. The molecule has 3 aromatic rings. The summed E-state index contributed by atoms with van der Waals surface area (Å²) in [4.78, 5) is 17.2. The molecule has 0 aromatic heterocycles. The molecule has 6 nitrogen and oxygen atoms in total. The van der Waals surface area contributed by atoms with Crippen molar-refractivity contribution in [2.45, 2.75) is 18.7 Å². The van der Waals surface area contributed by atoms with Crippen LogP contribution in [0.25, 0.3) is 0 Å². The lowest BCUT2D eigenvalue weighted by Crippen LogP contribution is -2.52. The van der Waals surface area contributed by atoms with E-state index in [4.69, 9.17) is 11.6 Å². The third kappa shape index (κ3) is 5.60. The Hall–Kier alpha value is -3.10. The van der Waals surface area contributed by atoms with Gasteiger partial charge in [-0.1, -0.05) is 29.3 Å². The number of carbonyl (C=O) groups excluding carboxylic acids is 1. The van der Waals surface area contributed by atoms with Crippen LogP contribution in [0.15, 0.2) is 71.6 Å². The Morgan fingerprint density at radius 3 is 2.17 bits per heavy atom. The number of hydrogen-bond donors (Lipinski definition) is 0. The molecule has 1 fully saturated rings. The number of rotatable bonds is 6. The van der Waals surface area contributed by atoms with Gasteiger partial charge in [0.25, 0.3) is 10.0 Å². The minimum Gasteiger partial charge on any atom is -0.368 e. The highest BCUT2D eigenvalue weighted by molar-refractivity contribution is 7.92. The number of amides is 1. The number of sulfonamides is 1. The zero-order chi connectivity index (χ0) is 25.2. The van der Waals surface area contributed by atoms with E-state index in [1.165, 1.54) is 12.1 Å². The number of anilines is 2. The molecule has 1 amide bonds. The Morgan fingerprint density at radius 1 is 0.943 bits per heavy atom. The van der Waals surface area contributed by atoms with E-state index < -0.39 is 10.0 Å². The number of hydrogen-bond acceptors (Lipinski definition) is 4. The average molecular weight is 516 g/mol. The maximum atomic E-state index is 13.6. The number of carbonyl (C=O) groups is 1. The first-order chi connectivity index (χ1) is 16.6. The number of halogens is 2. The molecule has 0 N–H and O–H groups in total. The van der Waals surface area contributed by atoms with E-state index in [2.05, 4.69) is 4.90 Å². The van der Waals surface area contributed by atoms with Crippen LogP contribution in [0.1, 0.15) is 11.1 Å². The molecule has 9 heteroatoms. The zero-order valence-electron chi connectivity index (χ0n) is 19.6. The van der Waals surface area contributed by atoms with E-state index in [1.54, 1.807) is 66.4 Å². The molecule has 1 aliphatic heterocycles. The molecule has 184 valence electrons. The van der Waals surface area contributed by atoms with Gasteiger partial charge in [0.15, 0.2) is 0 Å². The Balaban J connectivity index is 1.56. The molecule has 4 rings (SSSR count). The van der Waals surface area contributed by atoms with Gasteiger partial charge in [0, 0.05) is 36.9 Å². The topological polar surface area (TPSA) is 60.9 Å². The fourth-order valence-corrected chi connectivity index (χ4v) is 5.83. The molecule has 1 aliphatic rings. The van der Waals surface area contributed by atoms with Crippen LogP contribution < -0.4 is 9.21 Å². The first kappa shape index (κ1) is 25.0. The van der Waals surface area contributed by atoms with Gasteiger partial charge in [-0.05, 0) is 74.0 Å². The van der Waals surface area contributed by atoms with Gasteiger partial charge in [-0.15, -0.1) is 0 Å². The second kappa shape index (κ2) is 10.3. The molecule has 0 spiro atoms. The van der Waals surface area contributed by atoms with Gasteiger partial charge in [-0.2, -0.15) is 0 Å². The number of aryl methyl sites for hydroxylation is 2. The second-order valence-electron chi connectivity index (χ2n) is 8.60. The van der Waals surface area contributed by atoms with Crippen LogP contribution in [0.2, 0.25) is 5.02 Å². The SMILES string of the molecule is Cc1ccc(S(=O)(=O)N(CC(=O)N2CCN(c3ccc(F)cc3)CC2)c2ccc(Cl)cc2C)cc1. The summed E-state index contributed by atoms with van der Waals surface area (Å²) in [6, 6.07) is 17.7. The zero-order valence-corrected chi connectivity index (χ0v) is 21.2. The molecule has 0 unspecified atom stereocenters. The highest BCUT2D eigenvalue weighted by atomic mass is 35.5. The van der Waals surface area contributed by atoms with Crippen LogP contribution in [0.3, 0.4) is 0 Å². The number of nitrogens with zero attached hydrogens (tertiary/aromatic N) is 3. The Bertz CT molecular complexity index is 1310. The fraction of sp³-hybridized carbons (Fsp3) is 0.269. The normalized spacial score (nSPS) is 14.2. The molecule has 0 aliphatic carbocycles. The van der Waals surface area contributed by atoms with Gasteiger partial charge in [0.1, 0.15) is 12.4 Å². The fourth-order valence-electron chi connectivity index (χ4n) is 4.12. The van der Waals surface area contributed by atoms with Gasteiger partial charge < -0.3 is 9.80 Å². The van der Waals surface area contributed by atoms with Crippen molar-refractivity contribution >= 4 is 38.9 Å². The minimum atomic E-state index is -4.00. The molecular weight excluding hydrogens is 489 g/mol. The van der Waals surface area contributed by atoms with Gasteiger partial charge in [0.2, 0.25) is 5.91 Å². The molecular formula is C26H27ClFN3O3S. The highest BCUT2D eigenvalue weighted by Gasteiger charge is 2.31. The highest BCUT2D eigenvalue weighted by Crippen LogP contribution is 2.29. The monoisotopic (exact) mass is 515 g/mol. The van der Waals surface area contributed by atoms with Crippen LogP contribution in [-0.2, 0) is 14.8 Å². The Morgan fingerprint density at radius 2 is 1.57 bits per heavy atom. The molecule has 0 saturated carbocycles. The number of benzene rings is 3. The van der Waals surface area contributed by atoms with E-state index in [9.17, 15) is 17.6 Å². The van der Waals surface area contributed by atoms with Crippen molar-refractivity contribution in [1.82, 2.24) is 4.90 Å². The van der Waals surface area contributed by atoms with Crippen LogP contribution in [0, 0.1) is 19.7 Å². The van der Waals surface area contributed by atoms with E-state index in [1.807, 2.05) is 6.92 Å². The summed E-state index contributed by atoms with van der Waals surface area (Å²) >= 11 is 6.10. The van der Waals surface area contributed by atoms with Crippen molar-refractivity contribution in [2.24, 2.45) is 0 Å². The van der Waals surface area contributed by atoms with Crippen LogP contribution in [0.5, 0.6) is 0 Å². The summed E-state index contributed by atoms with van der Waals surface area (Å²) in [5, 5.41) is 0.488. The van der Waals surface area contributed by atoms with Crippen molar-refractivity contribution < 1.29 is 17.6 Å². The molecule has 3 aromatic carbocycles.